The van der Waals surface area contributed by atoms with Crippen LogP contribution in [0.25, 0.3) is 0 Å². The molecular formula is C11H16O2. The largest absolute Gasteiger partial charge is 0.458 e. The van der Waals surface area contributed by atoms with E-state index in [0.29, 0.717) is 5.76 Å². The molecule has 2 nitrogen and oxygen atoms in total. The van der Waals surface area contributed by atoms with E-state index in [2.05, 4.69) is 13.8 Å². The van der Waals surface area contributed by atoms with E-state index in [0.717, 1.165) is 36.9 Å². The Labute approximate surface area is 78.9 Å². The Bertz CT molecular complexity index is 297. The molecule has 0 unspecified atom stereocenters. The van der Waals surface area contributed by atoms with E-state index in [1.807, 2.05) is 6.92 Å². The van der Waals surface area contributed by atoms with E-state index in [9.17, 15) is 4.79 Å². The lowest BCUT2D eigenvalue weighted by atomic mass is 10.1. The van der Waals surface area contributed by atoms with Crippen molar-refractivity contribution in [3.05, 3.63) is 22.6 Å². The summed E-state index contributed by atoms with van der Waals surface area (Å²) in [6.07, 6.45) is 3.72. The lowest BCUT2D eigenvalue weighted by Crippen LogP contribution is -1.88. The molecule has 0 fully saturated rings. The summed E-state index contributed by atoms with van der Waals surface area (Å²) in [7, 11) is 0. The lowest BCUT2D eigenvalue weighted by Gasteiger charge is -1.97. The van der Waals surface area contributed by atoms with Crippen molar-refractivity contribution in [3.63, 3.8) is 0 Å². The fourth-order valence-electron chi connectivity index (χ4n) is 1.63. The molecule has 1 aromatic heterocycles. The SMILES string of the molecule is CCCc1oc(C=O)c(C)c1CC. The number of aldehydes is 1. The fourth-order valence-corrected chi connectivity index (χ4v) is 1.63. The van der Waals surface area contributed by atoms with Crippen molar-refractivity contribution in [2.45, 2.75) is 40.0 Å². The third-order valence-corrected chi connectivity index (χ3v) is 2.33. The fraction of sp³-hybridized carbons (Fsp3) is 0.545. The number of aryl methyl sites for hydroxylation is 1. The molecule has 0 bridgehead atoms. The van der Waals surface area contributed by atoms with Crippen LogP contribution in [0.5, 0.6) is 0 Å². The zero-order valence-corrected chi connectivity index (χ0v) is 8.52. The number of carbonyl (C=O) groups is 1. The van der Waals surface area contributed by atoms with Crippen molar-refractivity contribution in [1.29, 1.82) is 0 Å². The average molecular weight is 180 g/mol. The van der Waals surface area contributed by atoms with Crippen molar-refractivity contribution >= 4 is 6.29 Å². The molecule has 0 saturated carbocycles. The molecule has 0 aliphatic heterocycles. The van der Waals surface area contributed by atoms with Crippen LogP contribution < -0.4 is 0 Å². The molecular weight excluding hydrogens is 164 g/mol. The van der Waals surface area contributed by atoms with Crippen LogP contribution in [-0.2, 0) is 12.8 Å². The summed E-state index contributed by atoms with van der Waals surface area (Å²) in [6, 6.07) is 0. The predicted octanol–water partition coefficient (Wildman–Crippen LogP) is 2.92. The van der Waals surface area contributed by atoms with Gasteiger partial charge in [-0.05, 0) is 25.3 Å². The van der Waals surface area contributed by atoms with Crippen LogP contribution in [0.2, 0.25) is 0 Å². The van der Waals surface area contributed by atoms with Crippen molar-refractivity contribution in [1.82, 2.24) is 0 Å². The van der Waals surface area contributed by atoms with Crippen LogP contribution in [0.1, 0.15) is 47.7 Å². The van der Waals surface area contributed by atoms with Gasteiger partial charge >= 0.3 is 0 Å². The van der Waals surface area contributed by atoms with Gasteiger partial charge in [0.1, 0.15) is 5.76 Å². The van der Waals surface area contributed by atoms with Gasteiger partial charge in [0.25, 0.3) is 0 Å². The van der Waals surface area contributed by atoms with Gasteiger partial charge in [-0.1, -0.05) is 13.8 Å². The normalized spacial score (nSPS) is 10.4. The summed E-state index contributed by atoms with van der Waals surface area (Å²) in [4.78, 5) is 10.6. The van der Waals surface area contributed by atoms with Gasteiger partial charge in [0.15, 0.2) is 12.0 Å². The zero-order chi connectivity index (χ0) is 9.84. The molecule has 1 rings (SSSR count). The molecule has 2 heteroatoms. The maximum absolute atomic E-state index is 10.6. The second kappa shape index (κ2) is 4.26. The van der Waals surface area contributed by atoms with Gasteiger partial charge < -0.3 is 4.42 Å². The van der Waals surface area contributed by atoms with E-state index >= 15 is 0 Å². The Morgan fingerprint density at radius 3 is 2.54 bits per heavy atom. The Balaban J connectivity index is 3.11. The first-order valence-electron chi connectivity index (χ1n) is 4.80. The minimum absolute atomic E-state index is 0.500. The maximum atomic E-state index is 10.6. The molecule has 0 aliphatic carbocycles. The highest BCUT2D eigenvalue weighted by Crippen LogP contribution is 2.22. The highest BCUT2D eigenvalue weighted by molar-refractivity contribution is 5.74. The Kier molecular flexibility index (Phi) is 3.29. The number of hydrogen-bond acceptors (Lipinski definition) is 2. The molecule has 1 heterocycles. The quantitative estimate of drug-likeness (QED) is 0.667. The van der Waals surface area contributed by atoms with Gasteiger partial charge in [0.2, 0.25) is 0 Å². The molecule has 0 N–H and O–H groups in total. The summed E-state index contributed by atoms with van der Waals surface area (Å²) in [6.45, 7) is 6.15. The first-order chi connectivity index (χ1) is 6.24. The average Bonchev–Trinajstić information content (AvgIpc) is 2.43. The Morgan fingerprint density at radius 2 is 2.08 bits per heavy atom. The molecule has 0 spiro atoms. The van der Waals surface area contributed by atoms with Gasteiger partial charge in [-0.15, -0.1) is 0 Å². The van der Waals surface area contributed by atoms with Crippen LogP contribution in [-0.4, -0.2) is 6.29 Å². The summed E-state index contributed by atoms with van der Waals surface area (Å²) in [5.74, 6) is 1.49. The zero-order valence-electron chi connectivity index (χ0n) is 8.52. The van der Waals surface area contributed by atoms with E-state index in [4.69, 9.17) is 4.42 Å². The topological polar surface area (TPSA) is 30.2 Å². The van der Waals surface area contributed by atoms with Crippen molar-refractivity contribution in [2.75, 3.05) is 0 Å². The van der Waals surface area contributed by atoms with Gasteiger partial charge in [-0.3, -0.25) is 4.79 Å². The second-order valence-electron chi connectivity index (χ2n) is 3.21. The van der Waals surface area contributed by atoms with Gasteiger partial charge in [-0.25, -0.2) is 0 Å². The van der Waals surface area contributed by atoms with Crippen LogP contribution in [0.15, 0.2) is 4.42 Å². The highest BCUT2D eigenvalue weighted by Gasteiger charge is 2.13. The summed E-state index contributed by atoms with van der Waals surface area (Å²) in [5, 5.41) is 0. The summed E-state index contributed by atoms with van der Waals surface area (Å²) in [5.41, 5.74) is 2.23. The second-order valence-corrected chi connectivity index (χ2v) is 3.21. The van der Waals surface area contributed by atoms with E-state index in [1.54, 1.807) is 0 Å². The minimum atomic E-state index is 0.500. The molecule has 13 heavy (non-hydrogen) atoms. The standard InChI is InChI=1S/C11H16O2/c1-4-6-10-9(5-2)8(3)11(7-12)13-10/h7H,4-6H2,1-3H3. The highest BCUT2D eigenvalue weighted by atomic mass is 16.3. The third-order valence-electron chi connectivity index (χ3n) is 2.33. The number of furan rings is 1. The van der Waals surface area contributed by atoms with Crippen LogP contribution in [0.4, 0.5) is 0 Å². The van der Waals surface area contributed by atoms with Gasteiger partial charge in [0, 0.05) is 12.0 Å². The molecule has 0 aromatic carbocycles. The molecule has 0 atom stereocenters. The molecule has 1 aromatic rings. The van der Waals surface area contributed by atoms with Crippen LogP contribution in [0, 0.1) is 6.92 Å². The number of carbonyl (C=O) groups excluding carboxylic acids is 1. The maximum Gasteiger partial charge on any atom is 0.185 e. The van der Waals surface area contributed by atoms with Crippen molar-refractivity contribution in [3.8, 4) is 0 Å². The number of hydrogen-bond donors (Lipinski definition) is 0. The first kappa shape index (κ1) is 10.0. The van der Waals surface area contributed by atoms with Gasteiger partial charge in [0.05, 0.1) is 0 Å². The molecule has 72 valence electrons. The third kappa shape index (κ3) is 1.82. The van der Waals surface area contributed by atoms with E-state index in [-0.39, 0.29) is 0 Å². The van der Waals surface area contributed by atoms with Crippen LogP contribution in [0.3, 0.4) is 0 Å². The molecule has 0 amide bonds. The molecule has 0 saturated heterocycles. The predicted molar refractivity (Wildman–Crippen MR) is 52.2 cm³/mol. The summed E-state index contributed by atoms with van der Waals surface area (Å²) >= 11 is 0. The smallest absolute Gasteiger partial charge is 0.185 e. The Morgan fingerprint density at radius 1 is 1.38 bits per heavy atom. The summed E-state index contributed by atoms with van der Waals surface area (Å²) < 4.78 is 5.46. The minimum Gasteiger partial charge on any atom is -0.458 e. The van der Waals surface area contributed by atoms with E-state index in [1.165, 1.54) is 5.56 Å². The monoisotopic (exact) mass is 180 g/mol. The lowest BCUT2D eigenvalue weighted by molar-refractivity contribution is 0.109. The first-order valence-corrected chi connectivity index (χ1v) is 4.80. The Hall–Kier alpha value is -1.05. The van der Waals surface area contributed by atoms with E-state index < -0.39 is 0 Å². The van der Waals surface area contributed by atoms with Crippen LogP contribution >= 0.6 is 0 Å². The number of rotatable bonds is 4. The van der Waals surface area contributed by atoms with Crippen molar-refractivity contribution in [2.24, 2.45) is 0 Å². The molecule has 0 radical (unpaired) electrons. The molecule has 0 aliphatic rings. The van der Waals surface area contributed by atoms with Gasteiger partial charge in [-0.2, -0.15) is 0 Å². The van der Waals surface area contributed by atoms with Crippen molar-refractivity contribution < 1.29 is 9.21 Å².